The van der Waals surface area contributed by atoms with E-state index in [1.54, 1.807) is 0 Å². The number of rotatable bonds is 1. The number of ether oxygens (including phenoxy) is 2. The number of anilines is 1. The highest BCUT2D eigenvalue weighted by Gasteiger charge is 2.32. The fraction of sp³-hybridized carbons (Fsp3) is 0.300. The summed E-state index contributed by atoms with van der Waals surface area (Å²) in [5.41, 5.74) is 6.50. The maximum atomic E-state index is 6.28. The van der Waals surface area contributed by atoms with Gasteiger partial charge in [0.2, 0.25) is 6.79 Å². The van der Waals surface area contributed by atoms with Crippen LogP contribution in [-0.2, 0) is 0 Å². The fourth-order valence-electron chi connectivity index (χ4n) is 4.11. The molecule has 1 unspecified atom stereocenters. The largest absolute Gasteiger partial charge is 0.454 e. The number of benzene rings is 2. The van der Waals surface area contributed by atoms with Crippen molar-refractivity contribution in [1.82, 2.24) is 0 Å². The van der Waals surface area contributed by atoms with Crippen molar-refractivity contribution in [3.05, 3.63) is 63.8 Å². The number of hydrogen-bond donors (Lipinski definition) is 1. The Hall–Kier alpha value is -2.13. The third-order valence-corrected chi connectivity index (χ3v) is 5.42. The lowest BCUT2D eigenvalue weighted by atomic mass is 9.76. The SMILES string of the molecule is Clc1cccc(C2C3=C(CCCC3)Nc3cc4c(cc32)OCO4)c1. The van der Waals surface area contributed by atoms with Crippen LogP contribution in [-0.4, -0.2) is 6.79 Å². The summed E-state index contributed by atoms with van der Waals surface area (Å²) in [4.78, 5) is 0. The van der Waals surface area contributed by atoms with E-state index in [4.69, 9.17) is 21.1 Å². The normalized spacial score (nSPS) is 21.1. The molecule has 0 spiro atoms. The molecule has 0 aromatic heterocycles. The standard InChI is InChI=1S/C20H18ClNO2/c21-13-5-3-4-12(8-13)20-14-6-1-2-7-16(14)22-17-10-19-18(9-15(17)20)23-11-24-19/h3-5,8-10,20,22H,1-2,6-7,11H2. The van der Waals surface area contributed by atoms with Gasteiger partial charge < -0.3 is 14.8 Å². The van der Waals surface area contributed by atoms with Crippen LogP contribution in [0, 0.1) is 0 Å². The van der Waals surface area contributed by atoms with E-state index in [0.29, 0.717) is 6.79 Å². The molecule has 2 aliphatic heterocycles. The molecule has 4 heteroatoms. The molecule has 1 N–H and O–H groups in total. The smallest absolute Gasteiger partial charge is 0.231 e. The molecular formula is C20H18ClNO2. The fourth-order valence-corrected chi connectivity index (χ4v) is 4.31. The Balaban J connectivity index is 1.72. The van der Waals surface area contributed by atoms with Gasteiger partial charge in [-0.05, 0) is 60.6 Å². The summed E-state index contributed by atoms with van der Waals surface area (Å²) in [6, 6.07) is 12.4. The zero-order valence-corrected chi connectivity index (χ0v) is 14.0. The molecule has 122 valence electrons. The molecule has 3 aliphatic rings. The Morgan fingerprint density at radius 2 is 1.83 bits per heavy atom. The molecular weight excluding hydrogens is 322 g/mol. The molecule has 0 amide bonds. The molecule has 0 radical (unpaired) electrons. The molecule has 0 bridgehead atoms. The Morgan fingerprint density at radius 1 is 1.00 bits per heavy atom. The molecule has 5 rings (SSSR count). The number of nitrogens with one attached hydrogen (secondary N) is 1. The van der Waals surface area contributed by atoms with E-state index in [2.05, 4.69) is 29.6 Å². The van der Waals surface area contributed by atoms with Gasteiger partial charge in [0.05, 0.1) is 0 Å². The average Bonchev–Trinajstić information content (AvgIpc) is 3.05. The van der Waals surface area contributed by atoms with Crippen molar-refractivity contribution in [2.24, 2.45) is 0 Å². The highest BCUT2D eigenvalue weighted by atomic mass is 35.5. The highest BCUT2D eigenvalue weighted by molar-refractivity contribution is 6.30. The molecule has 24 heavy (non-hydrogen) atoms. The highest BCUT2D eigenvalue weighted by Crippen LogP contribution is 2.50. The van der Waals surface area contributed by atoms with Crippen LogP contribution < -0.4 is 14.8 Å². The summed E-state index contributed by atoms with van der Waals surface area (Å²) in [6.45, 7) is 0.299. The number of allylic oxidation sites excluding steroid dienone is 2. The van der Waals surface area contributed by atoms with Crippen LogP contribution in [0.15, 0.2) is 47.7 Å². The maximum Gasteiger partial charge on any atom is 0.231 e. The van der Waals surface area contributed by atoms with Crippen LogP contribution in [0.4, 0.5) is 5.69 Å². The zero-order valence-electron chi connectivity index (χ0n) is 13.3. The number of hydrogen-bond acceptors (Lipinski definition) is 3. The van der Waals surface area contributed by atoms with Gasteiger partial charge in [0.1, 0.15) is 0 Å². The Kier molecular flexibility index (Phi) is 3.23. The van der Waals surface area contributed by atoms with E-state index in [-0.39, 0.29) is 5.92 Å². The first kappa shape index (κ1) is 14.2. The van der Waals surface area contributed by atoms with Crippen molar-refractivity contribution in [1.29, 1.82) is 0 Å². The minimum absolute atomic E-state index is 0.241. The average molecular weight is 340 g/mol. The summed E-state index contributed by atoms with van der Waals surface area (Å²) in [5.74, 6) is 1.90. The van der Waals surface area contributed by atoms with Crippen molar-refractivity contribution in [3.63, 3.8) is 0 Å². The predicted molar refractivity (Wildman–Crippen MR) is 95.0 cm³/mol. The van der Waals surface area contributed by atoms with Gasteiger partial charge in [0.15, 0.2) is 11.5 Å². The monoisotopic (exact) mass is 339 g/mol. The molecule has 1 atom stereocenters. The van der Waals surface area contributed by atoms with Crippen LogP contribution in [0.1, 0.15) is 42.7 Å². The summed E-state index contributed by atoms with van der Waals surface area (Å²) in [7, 11) is 0. The second-order valence-electron chi connectivity index (χ2n) is 6.62. The van der Waals surface area contributed by atoms with Crippen LogP contribution >= 0.6 is 11.6 Å². The van der Waals surface area contributed by atoms with E-state index in [0.717, 1.165) is 35.1 Å². The first-order chi connectivity index (χ1) is 11.8. The zero-order chi connectivity index (χ0) is 16.1. The van der Waals surface area contributed by atoms with Gasteiger partial charge in [0.25, 0.3) is 0 Å². The molecule has 0 saturated carbocycles. The predicted octanol–water partition coefficient (Wildman–Crippen LogP) is 5.45. The van der Waals surface area contributed by atoms with Gasteiger partial charge >= 0.3 is 0 Å². The Labute approximate surface area is 146 Å². The summed E-state index contributed by atoms with van der Waals surface area (Å²) < 4.78 is 11.2. The van der Waals surface area contributed by atoms with Crippen molar-refractivity contribution in [2.45, 2.75) is 31.6 Å². The molecule has 2 aromatic carbocycles. The van der Waals surface area contributed by atoms with Gasteiger partial charge in [-0.3, -0.25) is 0 Å². The second kappa shape index (κ2) is 5.45. The van der Waals surface area contributed by atoms with Gasteiger partial charge in [-0.25, -0.2) is 0 Å². The van der Waals surface area contributed by atoms with Gasteiger partial charge in [0, 0.05) is 28.4 Å². The minimum Gasteiger partial charge on any atom is -0.454 e. The quantitative estimate of drug-likeness (QED) is 0.749. The Morgan fingerprint density at radius 3 is 2.71 bits per heavy atom. The third kappa shape index (κ3) is 2.19. The molecule has 0 fully saturated rings. The molecule has 2 heterocycles. The lowest BCUT2D eigenvalue weighted by Crippen LogP contribution is -2.21. The third-order valence-electron chi connectivity index (χ3n) is 5.18. The van der Waals surface area contributed by atoms with E-state index in [9.17, 15) is 0 Å². The van der Waals surface area contributed by atoms with E-state index >= 15 is 0 Å². The lowest BCUT2D eigenvalue weighted by molar-refractivity contribution is 0.174. The van der Waals surface area contributed by atoms with Crippen molar-refractivity contribution < 1.29 is 9.47 Å². The van der Waals surface area contributed by atoms with E-state index < -0.39 is 0 Å². The first-order valence-corrected chi connectivity index (χ1v) is 8.85. The second-order valence-corrected chi connectivity index (χ2v) is 7.05. The maximum absolute atomic E-state index is 6.28. The van der Waals surface area contributed by atoms with Gasteiger partial charge in [-0.1, -0.05) is 23.7 Å². The van der Waals surface area contributed by atoms with Crippen LogP contribution in [0.25, 0.3) is 0 Å². The summed E-state index contributed by atoms with van der Waals surface area (Å²) in [5, 5.41) is 4.44. The first-order valence-electron chi connectivity index (χ1n) is 8.47. The van der Waals surface area contributed by atoms with Crippen LogP contribution in [0.5, 0.6) is 11.5 Å². The van der Waals surface area contributed by atoms with Crippen molar-refractivity contribution >= 4 is 17.3 Å². The van der Waals surface area contributed by atoms with Crippen LogP contribution in [0.3, 0.4) is 0 Å². The van der Waals surface area contributed by atoms with Crippen molar-refractivity contribution in [2.75, 3.05) is 12.1 Å². The number of halogens is 1. The van der Waals surface area contributed by atoms with Crippen molar-refractivity contribution in [3.8, 4) is 11.5 Å². The molecule has 0 saturated heterocycles. The van der Waals surface area contributed by atoms with E-state index in [1.165, 1.54) is 35.2 Å². The molecule has 1 aliphatic carbocycles. The van der Waals surface area contributed by atoms with Crippen LogP contribution in [0.2, 0.25) is 5.02 Å². The molecule has 2 aromatic rings. The summed E-state index contributed by atoms with van der Waals surface area (Å²) in [6.07, 6.45) is 4.74. The lowest BCUT2D eigenvalue weighted by Gasteiger charge is -2.35. The number of fused-ring (bicyclic) bond motifs is 2. The topological polar surface area (TPSA) is 30.5 Å². The Bertz CT molecular complexity index is 859. The van der Waals surface area contributed by atoms with Gasteiger partial charge in [-0.15, -0.1) is 0 Å². The minimum atomic E-state index is 0.241. The summed E-state index contributed by atoms with van der Waals surface area (Å²) >= 11 is 6.28. The van der Waals surface area contributed by atoms with E-state index in [1.807, 2.05) is 12.1 Å². The molecule has 3 nitrogen and oxygen atoms in total. The van der Waals surface area contributed by atoms with Gasteiger partial charge in [-0.2, -0.15) is 0 Å².